The highest BCUT2D eigenvalue weighted by atomic mass is 16.2. The second-order valence-electron chi connectivity index (χ2n) is 9.80. The summed E-state index contributed by atoms with van der Waals surface area (Å²) in [5.74, 6) is -0.412. The van der Waals surface area contributed by atoms with Crippen molar-refractivity contribution in [1.29, 1.82) is 0 Å². The molecule has 4 heteroatoms. The van der Waals surface area contributed by atoms with E-state index in [1.54, 1.807) is 12.4 Å². The van der Waals surface area contributed by atoms with Crippen LogP contribution in [-0.2, 0) is 20.4 Å². The Labute approximate surface area is 145 Å². The van der Waals surface area contributed by atoms with Gasteiger partial charge < -0.3 is 0 Å². The van der Waals surface area contributed by atoms with Gasteiger partial charge in [-0.3, -0.25) is 19.6 Å². The molecule has 1 fully saturated rings. The number of ketones is 2. The van der Waals surface area contributed by atoms with Gasteiger partial charge in [0.2, 0.25) is 11.6 Å². The number of carbonyl (C=O) groups excluding carboxylic acids is 2. The molecule has 1 heterocycles. The van der Waals surface area contributed by atoms with Crippen LogP contribution in [-0.4, -0.2) is 21.5 Å². The molecule has 0 aliphatic heterocycles. The van der Waals surface area contributed by atoms with E-state index in [1.165, 1.54) is 11.4 Å². The lowest BCUT2D eigenvalue weighted by Gasteiger charge is -2.21. The first-order valence-corrected chi connectivity index (χ1v) is 8.62. The summed E-state index contributed by atoms with van der Waals surface area (Å²) in [6, 6.07) is 0. The molecule has 0 aromatic carbocycles. The Hall–Kier alpha value is -1.58. The number of Topliss-reactive ketones (excluding diaryl/α,β-unsaturated/α-hetero) is 2. The number of carbonyl (C=O) groups is 2. The Kier molecular flexibility index (Phi) is 4.27. The first kappa shape index (κ1) is 18.8. The van der Waals surface area contributed by atoms with E-state index in [2.05, 4.69) is 37.7 Å². The summed E-state index contributed by atoms with van der Waals surface area (Å²) in [4.78, 5) is 31.5. The molecule has 1 aromatic heterocycles. The molecule has 0 atom stereocenters. The van der Waals surface area contributed by atoms with E-state index < -0.39 is 10.8 Å². The van der Waals surface area contributed by atoms with Crippen LogP contribution in [0.25, 0.3) is 0 Å². The van der Waals surface area contributed by atoms with Crippen molar-refractivity contribution in [2.75, 3.05) is 0 Å². The fraction of sp³-hybridized carbons (Fsp3) is 0.700. The number of fused-ring (bicyclic) bond motifs is 1. The molecule has 0 amide bonds. The van der Waals surface area contributed by atoms with Gasteiger partial charge in [-0.2, -0.15) is 0 Å². The molecule has 2 aliphatic rings. The standard InChI is InChI=1S/C11H16N2.C9H14O2/c1-10(2)7-11(3,4)9-8(10)12-5-6-13-9;1-8(2)5-9(3,4)7(11)6(8)10/h5-6H,7H2,1-4H3;5H2,1-4H3. The van der Waals surface area contributed by atoms with Gasteiger partial charge >= 0.3 is 0 Å². The van der Waals surface area contributed by atoms with E-state index in [0.717, 1.165) is 6.42 Å². The monoisotopic (exact) mass is 330 g/mol. The lowest BCUT2D eigenvalue weighted by molar-refractivity contribution is -0.140. The molecule has 1 aromatic rings. The smallest absolute Gasteiger partial charge is 0.204 e. The van der Waals surface area contributed by atoms with Crippen molar-refractivity contribution < 1.29 is 9.59 Å². The number of rotatable bonds is 0. The van der Waals surface area contributed by atoms with E-state index in [0.29, 0.717) is 6.42 Å². The maximum Gasteiger partial charge on any atom is 0.204 e. The van der Waals surface area contributed by atoms with Crippen molar-refractivity contribution in [3.8, 4) is 0 Å². The minimum atomic E-state index is -0.430. The second kappa shape index (κ2) is 5.47. The molecule has 24 heavy (non-hydrogen) atoms. The Morgan fingerprint density at radius 3 is 1.17 bits per heavy atom. The SMILES string of the molecule is CC1(C)CC(C)(C)C(=O)C1=O.CC1(C)CC(C)(C)c2nccnc21. The lowest BCUT2D eigenvalue weighted by Crippen LogP contribution is -2.23. The predicted octanol–water partition coefficient (Wildman–Crippen LogP) is 4.02. The number of hydrogen-bond acceptors (Lipinski definition) is 4. The normalized spacial score (nSPS) is 25.0. The van der Waals surface area contributed by atoms with Gasteiger partial charge in [0.15, 0.2) is 0 Å². The number of hydrogen-bond donors (Lipinski definition) is 0. The van der Waals surface area contributed by atoms with Crippen molar-refractivity contribution >= 4 is 11.6 Å². The van der Waals surface area contributed by atoms with Crippen LogP contribution in [0.15, 0.2) is 12.4 Å². The van der Waals surface area contributed by atoms with E-state index in [-0.39, 0.29) is 22.4 Å². The van der Waals surface area contributed by atoms with Gasteiger partial charge in [0.1, 0.15) is 0 Å². The van der Waals surface area contributed by atoms with Crippen molar-refractivity contribution in [2.45, 2.75) is 79.1 Å². The van der Waals surface area contributed by atoms with Crippen molar-refractivity contribution in [2.24, 2.45) is 10.8 Å². The maximum atomic E-state index is 11.3. The third kappa shape index (κ3) is 3.15. The van der Waals surface area contributed by atoms with Gasteiger partial charge in [0.25, 0.3) is 0 Å². The quantitative estimate of drug-likeness (QED) is 0.674. The van der Waals surface area contributed by atoms with E-state index in [4.69, 9.17) is 0 Å². The van der Waals surface area contributed by atoms with Crippen molar-refractivity contribution in [1.82, 2.24) is 9.97 Å². The van der Waals surface area contributed by atoms with Gasteiger partial charge in [0, 0.05) is 34.1 Å². The molecule has 0 bridgehead atoms. The average Bonchev–Trinajstić information content (AvgIpc) is 2.70. The molecule has 3 rings (SSSR count). The first-order chi connectivity index (χ1) is 10.7. The third-order valence-electron chi connectivity index (χ3n) is 5.18. The van der Waals surface area contributed by atoms with Gasteiger partial charge in [-0.05, 0) is 12.8 Å². The summed E-state index contributed by atoms with van der Waals surface area (Å²) in [5, 5.41) is 0. The molecule has 2 aliphatic carbocycles. The van der Waals surface area contributed by atoms with Crippen LogP contribution in [0.4, 0.5) is 0 Å². The predicted molar refractivity (Wildman–Crippen MR) is 94.9 cm³/mol. The molecule has 0 N–H and O–H groups in total. The van der Waals surface area contributed by atoms with Crippen molar-refractivity contribution in [3.63, 3.8) is 0 Å². The van der Waals surface area contributed by atoms with Gasteiger partial charge in [-0.15, -0.1) is 0 Å². The van der Waals surface area contributed by atoms with Crippen LogP contribution in [0.2, 0.25) is 0 Å². The van der Waals surface area contributed by atoms with E-state index in [9.17, 15) is 9.59 Å². The van der Waals surface area contributed by atoms with Gasteiger partial charge in [-0.1, -0.05) is 55.4 Å². The molecule has 0 saturated heterocycles. The summed E-state index contributed by atoms with van der Waals surface area (Å²) >= 11 is 0. The summed E-state index contributed by atoms with van der Waals surface area (Å²) in [6.07, 6.45) is 5.40. The zero-order valence-corrected chi connectivity index (χ0v) is 16.3. The molecule has 4 nitrogen and oxygen atoms in total. The summed E-state index contributed by atoms with van der Waals surface area (Å²) in [7, 11) is 0. The topological polar surface area (TPSA) is 59.9 Å². The summed E-state index contributed by atoms with van der Waals surface area (Å²) in [5.41, 5.74) is 1.88. The second-order valence-corrected chi connectivity index (χ2v) is 9.80. The van der Waals surface area contributed by atoms with E-state index in [1.807, 2.05) is 27.7 Å². The highest BCUT2D eigenvalue weighted by molar-refractivity contribution is 6.42. The van der Waals surface area contributed by atoms with Crippen LogP contribution < -0.4 is 0 Å². The number of nitrogens with zero attached hydrogens (tertiary/aromatic N) is 2. The van der Waals surface area contributed by atoms with Crippen molar-refractivity contribution in [3.05, 3.63) is 23.8 Å². The summed E-state index contributed by atoms with van der Waals surface area (Å²) in [6.45, 7) is 16.3. The Morgan fingerprint density at radius 2 is 0.917 bits per heavy atom. The van der Waals surface area contributed by atoms with Crippen LogP contribution in [0, 0.1) is 10.8 Å². The minimum Gasteiger partial charge on any atom is -0.290 e. The lowest BCUT2D eigenvalue weighted by atomic mass is 9.83. The average molecular weight is 330 g/mol. The Morgan fingerprint density at radius 1 is 0.625 bits per heavy atom. The molecule has 132 valence electrons. The zero-order valence-electron chi connectivity index (χ0n) is 16.3. The minimum absolute atomic E-state index is 0.188. The Bertz CT molecular complexity index is 628. The number of aromatic nitrogens is 2. The molecule has 0 spiro atoms. The van der Waals surface area contributed by atoms with Crippen LogP contribution in [0.1, 0.15) is 79.6 Å². The third-order valence-corrected chi connectivity index (χ3v) is 5.18. The Balaban J connectivity index is 0.000000177. The molecule has 1 saturated carbocycles. The fourth-order valence-electron chi connectivity index (χ4n) is 4.48. The van der Waals surface area contributed by atoms with Crippen LogP contribution in [0.3, 0.4) is 0 Å². The van der Waals surface area contributed by atoms with E-state index >= 15 is 0 Å². The largest absolute Gasteiger partial charge is 0.290 e. The summed E-state index contributed by atoms with van der Waals surface area (Å²) < 4.78 is 0. The molecule has 0 radical (unpaired) electrons. The van der Waals surface area contributed by atoms with Crippen LogP contribution >= 0.6 is 0 Å². The maximum absolute atomic E-state index is 11.3. The van der Waals surface area contributed by atoms with Gasteiger partial charge in [-0.25, -0.2) is 0 Å². The zero-order chi connectivity index (χ0) is 18.6. The molecular formula is C20H30N2O2. The molecular weight excluding hydrogens is 300 g/mol. The highest BCUT2D eigenvalue weighted by Gasteiger charge is 2.51. The first-order valence-electron chi connectivity index (χ1n) is 8.62. The molecule has 0 unspecified atom stereocenters. The van der Waals surface area contributed by atoms with Crippen LogP contribution in [0.5, 0.6) is 0 Å². The fourth-order valence-corrected chi connectivity index (χ4v) is 4.48. The van der Waals surface area contributed by atoms with Gasteiger partial charge in [0.05, 0.1) is 11.4 Å². The highest BCUT2D eigenvalue weighted by Crippen LogP contribution is 2.46.